The molecule has 2 aromatic heterocycles. The van der Waals surface area contributed by atoms with Gasteiger partial charge in [-0.05, 0) is 48.4 Å². The van der Waals surface area contributed by atoms with Crippen LogP contribution in [0.3, 0.4) is 0 Å². The normalized spacial score (nSPS) is 11.1. The maximum absolute atomic E-state index is 13.3. The number of carbonyl (C=O) groups excluding carboxylic acids is 1. The summed E-state index contributed by atoms with van der Waals surface area (Å²) in [6, 6.07) is 23.6. The first kappa shape index (κ1) is 22.1. The number of ether oxygens (including phenoxy) is 1. The number of para-hydroxylation sites is 1. The van der Waals surface area contributed by atoms with Gasteiger partial charge in [-0.25, -0.2) is 13.9 Å². The molecule has 1 N–H and O–H groups in total. The lowest BCUT2D eigenvalue weighted by Crippen LogP contribution is -2.29. The smallest absolute Gasteiger partial charge is 0.352 e. The van der Waals surface area contributed by atoms with Crippen LogP contribution in [-0.4, -0.2) is 31.8 Å². The van der Waals surface area contributed by atoms with E-state index in [4.69, 9.17) is 4.74 Å². The summed E-state index contributed by atoms with van der Waals surface area (Å²) >= 11 is 0. The zero-order chi connectivity index (χ0) is 24.4. The highest BCUT2D eigenvalue weighted by Crippen LogP contribution is 2.15. The monoisotopic (exact) mass is 469 g/mol. The first-order valence-electron chi connectivity index (χ1n) is 11.1. The minimum absolute atomic E-state index is 0.201. The highest BCUT2D eigenvalue weighted by Gasteiger charge is 2.18. The lowest BCUT2D eigenvalue weighted by molar-refractivity contribution is -0.117. The Hall–Kier alpha value is -4.66. The van der Waals surface area contributed by atoms with Gasteiger partial charge in [0.25, 0.3) is 5.56 Å². The number of aryl methyl sites for hydroxylation is 2. The maximum atomic E-state index is 13.3. The maximum Gasteiger partial charge on any atom is 0.352 e. The van der Waals surface area contributed by atoms with Crippen molar-refractivity contribution >= 4 is 28.3 Å². The van der Waals surface area contributed by atoms with E-state index < -0.39 is 11.6 Å². The molecule has 0 aliphatic rings. The Morgan fingerprint density at radius 1 is 0.943 bits per heavy atom. The molecule has 0 spiro atoms. The number of rotatable bonds is 7. The number of amides is 1. The van der Waals surface area contributed by atoms with Crippen LogP contribution in [-0.2, 0) is 24.3 Å². The van der Waals surface area contributed by atoms with E-state index in [1.807, 2.05) is 30.3 Å². The minimum Gasteiger partial charge on any atom is -0.497 e. The topological polar surface area (TPSA) is 99.6 Å². The number of hydrogen-bond donors (Lipinski definition) is 1. The van der Waals surface area contributed by atoms with Crippen LogP contribution in [0.2, 0.25) is 0 Å². The Balaban J connectivity index is 1.52. The summed E-state index contributed by atoms with van der Waals surface area (Å²) in [5.41, 5.74) is 1.36. The molecule has 0 aliphatic heterocycles. The van der Waals surface area contributed by atoms with E-state index in [-0.39, 0.29) is 17.9 Å². The van der Waals surface area contributed by atoms with Crippen molar-refractivity contribution in [2.75, 3.05) is 12.4 Å². The average molecular weight is 470 g/mol. The predicted octanol–water partition coefficient (Wildman–Crippen LogP) is 2.70. The first-order chi connectivity index (χ1) is 17.0. The molecule has 1 amide bonds. The van der Waals surface area contributed by atoms with Gasteiger partial charge in [0, 0.05) is 12.2 Å². The largest absolute Gasteiger partial charge is 0.497 e. The number of anilines is 1. The van der Waals surface area contributed by atoms with Crippen molar-refractivity contribution in [3.63, 3.8) is 0 Å². The van der Waals surface area contributed by atoms with E-state index in [0.717, 1.165) is 10.2 Å². The fourth-order valence-corrected chi connectivity index (χ4v) is 4.07. The summed E-state index contributed by atoms with van der Waals surface area (Å²) in [7, 11) is 1.56. The fraction of sp³-hybridized carbons (Fsp3) is 0.154. The van der Waals surface area contributed by atoms with Crippen LogP contribution < -0.4 is 21.3 Å². The van der Waals surface area contributed by atoms with Crippen molar-refractivity contribution in [3.05, 3.63) is 105 Å². The van der Waals surface area contributed by atoms with Crippen molar-refractivity contribution < 1.29 is 9.53 Å². The van der Waals surface area contributed by atoms with Crippen LogP contribution in [0.5, 0.6) is 5.75 Å². The number of carbonyl (C=O) groups is 1. The Morgan fingerprint density at radius 3 is 2.40 bits per heavy atom. The lowest BCUT2D eigenvalue weighted by atomic mass is 10.1. The lowest BCUT2D eigenvalue weighted by Gasteiger charge is -2.09. The molecule has 9 heteroatoms. The highest BCUT2D eigenvalue weighted by molar-refractivity contribution is 5.90. The average Bonchev–Trinajstić information content (AvgIpc) is 3.20. The van der Waals surface area contributed by atoms with Crippen molar-refractivity contribution in [2.45, 2.75) is 19.5 Å². The number of nitrogens with zero attached hydrogens (tertiary/aromatic N) is 4. The summed E-state index contributed by atoms with van der Waals surface area (Å²) < 4.78 is 9.09. The molecule has 0 fully saturated rings. The molecule has 3 aromatic carbocycles. The number of methoxy groups -OCH3 is 1. The second-order valence-electron chi connectivity index (χ2n) is 8.06. The summed E-state index contributed by atoms with van der Waals surface area (Å²) in [6.07, 6.45) is 0.591. The molecule has 0 unspecified atom stereocenters. The van der Waals surface area contributed by atoms with Gasteiger partial charge < -0.3 is 10.1 Å². The van der Waals surface area contributed by atoms with Gasteiger partial charge in [0.05, 0.1) is 18.0 Å². The zero-order valence-corrected chi connectivity index (χ0v) is 19.0. The molecular formula is C26H23N5O4. The fourth-order valence-electron chi connectivity index (χ4n) is 4.07. The SMILES string of the molecule is COc1ccc(NC(=O)Cn2nc3n(CCc4ccccc4)c(=O)c4ccccc4n3c2=O)cc1. The zero-order valence-electron chi connectivity index (χ0n) is 19.0. The van der Waals surface area contributed by atoms with Crippen LogP contribution in [0.15, 0.2) is 88.5 Å². The quantitative estimate of drug-likeness (QED) is 0.395. The summed E-state index contributed by atoms with van der Waals surface area (Å²) in [4.78, 5) is 39.3. The van der Waals surface area contributed by atoms with Gasteiger partial charge in [-0.15, -0.1) is 5.10 Å². The number of aromatic nitrogens is 4. The molecule has 35 heavy (non-hydrogen) atoms. The molecule has 5 rings (SSSR count). The van der Waals surface area contributed by atoms with Gasteiger partial charge in [0.15, 0.2) is 0 Å². The third-order valence-electron chi connectivity index (χ3n) is 5.82. The molecule has 9 nitrogen and oxygen atoms in total. The van der Waals surface area contributed by atoms with E-state index in [1.165, 1.54) is 8.97 Å². The van der Waals surface area contributed by atoms with Gasteiger partial charge in [-0.3, -0.25) is 14.2 Å². The van der Waals surface area contributed by atoms with Gasteiger partial charge in [0.1, 0.15) is 12.3 Å². The molecule has 0 saturated heterocycles. The van der Waals surface area contributed by atoms with E-state index >= 15 is 0 Å². The third kappa shape index (κ3) is 4.31. The number of benzene rings is 3. The van der Waals surface area contributed by atoms with Gasteiger partial charge in [0.2, 0.25) is 11.7 Å². The van der Waals surface area contributed by atoms with Crippen LogP contribution >= 0.6 is 0 Å². The Labute approximate surface area is 199 Å². The third-order valence-corrected chi connectivity index (χ3v) is 5.82. The second-order valence-corrected chi connectivity index (χ2v) is 8.06. The molecule has 0 atom stereocenters. The molecule has 0 aliphatic carbocycles. The number of hydrogen-bond acceptors (Lipinski definition) is 5. The molecule has 0 bridgehead atoms. The summed E-state index contributed by atoms with van der Waals surface area (Å²) in [5, 5.41) is 7.56. The van der Waals surface area contributed by atoms with Gasteiger partial charge in [-0.2, -0.15) is 0 Å². The molecule has 2 heterocycles. The van der Waals surface area contributed by atoms with E-state index in [0.29, 0.717) is 35.3 Å². The molecular weight excluding hydrogens is 446 g/mol. The molecule has 0 saturated carbocycles. The van der Waals surface area contributed by atoms with E-state index in [9.17, 15) is 14.4 Å². The second kappa shape index (κ2) is 9.30. The molecule has 0 radical (unpaired) electrons. The number of nitrogens with one attached hydrogen (secondary N) is 1. The van der Waals surface area contributed by atoms with Crippen molar-refractivity contribution in [1.82, 2.24) is 18.7 Å². The van der Waals surface area contributed by atoms with Crippen LogP contribution in [0.1, 0.15) is 5.56 Å². The van der Waals surface area contributed by atoms with Crippen LogP contribution in [0, 0.1) is 0 Å². The summed E-state index contributed by atoms with van der Waals surface area (Å²) in [5.74, 6) is 0.454. The van der Waals surface area contributed by atoms with Crippen LogP contribution in [0.25, 0.3) is 16.7 Å². The van der Waals surface area contributed by atoms with Crippen molar-refractivity contribution in [2.24, 2.45) is 0 Å². The van der Waals surface area contributed by atoms with E-state index in [2.05, 4.69) is 10.4 Å². The van der Waals surface area contributed by atoms with Gasteiger partial charge in [-0.1, -0.05) is 42.5 Å². The Bertz CT molecular complexity index is 1630. The van der Waals surface area contributed by atoms with Crippen molar-refractivity contribution in [3.8, 4) is 5.75 Å². The number of fused-ring (bicyclic) bond motifs is 3. The van der Waals surface area contributed by atoms with Gasteiger partial charge >= 0.3 is 5.69 Å². The standard InChI is InChI=1S/C26H23N5O4/c1-35-20-13-11-19(12-14-20)27-23(32)17-30-26(34)31-22-10-6-5-9-21(22)24(33)29(25(31)28-30)16-15-18-7-3-2-4-8-18/h2-14H,15-17H2,1H3,(H,27,32). The molecule has 176 valence electrons. The van der Waals surface area contributed by atoms with E-state index in [1.54, 1.807) is 55.6 Å². The Morgan fingerprint density at radius 2 is 1.66 bits per heavy atom. The minimum atomic E-state index is -0.491. The van der Waals surface area contributed by atoms with Crippen molar-refractivity contribution in [1.29, 1.82) is 0 Å². The van der Waals surface area contributed by atoms with Crippen LogP contribution in [0.4, 0.5) is 5.69 Å². The summed E-state index contributed by atoms with van der Waals surface area (Å²) in [6.45, 7) is 0.0411. The highest BCUT2D eigenvalue weighted by atomic mass is 16.5. The predicted molar refractivity (Wildman–Crippen MR) is 133 cm³/mol. The Kier molecular flexibility index (Phi) is 5.88. The molecule has 5 aromatic rings. The first-order valence-corrected chi connectivity index (χ1v) is 11.1.